The second kappa shape index (κ2) is 9.47. The van der Waals surface area contributed by atoms with Crippen LogP contribution in [0.3, 0.4) is 0 Å². The zero-order chi connectivity index (χ0) is 25.4. The normalized spacial score (nSPS) is 19.7. The van der Waals surface area contributed by atoms with E-state index in [1.165, 1.54) is 17.1 Å². The Kier molecular flexibility index (Phi) is 6.60. The van der Waals surface area contributed by atoms with E-state index in [2.05, 4.69) is 15.5 Å². The molecule has 0 radical (unpaired) electrons. The quantitative estimate of drug-likeness (QED) is 0.132. The van der Waals surface area contributed by atoms with Crippen molar-refractivity contribution in [3.8, 4) is 5.75 Å². The van der Waals surface area contributed by atoms with E-state index in [0.29, 0.717) is 4.73 Å². The number of nitrogens with zero attached hydrogens (tertiary/aromatic N) is 4. The van der Waals surface area contributed by atoms with Gasteiger partial charge >= 0.3 is 5.97 Å². The van der Waals surface area contributed by atoms with Gasteiger partial charge in [0.05, 0.1) is 11.2 Å². The van der Waals surface area contributed by atoms with Crippen molar-refractivity contribution in [2.45, 2.75) is 18.0 Å². The van der Waals surface area contributed by atoms with Crippen LogP contribution in [0.4, 0.5) is 5.13 Å². The first kappa shape index (κ1) is 24.4. The fourth-order valence-corrected chi connectivity index (χ4v) is 5.31. The van der Waals surface area contributed by atoms with Crippen molar-refractivity contribution in [2.75, 3.05) is 11.5 Å². The lowest BCUT2D eigenvalue weighted by atomic mass is 10.0. The van der Waals surface area contributed by atoms with Crippen LogP contribution in [0.25, 0.3) is 0 Å². The number of thiazole rings is 1. The van der Waals surface area contributed by atoms with Crippen LogP contribution < -0.4 is 16.5 Å². The van der Waals surface area contributed by atoms with Gasteiger partial charge in [-0.3, -0.25) is 19.3 Å². The van der Waals surface area contributed by atoms with E-state index in [1.807, 2.05) is 0 Å². The molecule has 2 aliphatic rings. The molecule has 0 aliphatic carbocycles. The van der Waals surface area contributed by atoms with E-state index >= 15 is 0 Å². The van der Waals surface area contributed by atoms with Gasteiger partial charge < -0.3 is 31.3 Å². The first-order chi connectivity index (χ1) is 16.6. The van der Waals surface area contributed by atoms with E-state index in [9.17, 15) is 34.6 Å². The second-order valence-corrected chi connectivity index (χ2v) is 9.51. The third kappa shape index (κ3) is 4.62. The van der Waals surface area contributed by atoms with Crippen LogP contribution in [0.1, 0.15) is 11.4 Å². The van der Waals surface area contributed by atoms with Gasteiger partial charge in [-0.05, 0) is 0 Å². The number of aromatic hydroxyl groups is 1. The molecule has 0 saturated carbocycles. The summed E-state index contributed by atoms with van der Waals surface area (Å²) in [6, 6.07) is -0.154. The number of oxime groups is 1. The maximum atomic E-state index is 13.0. The van der Waals surface area contributed by atoms with E-state index in [4.69, 9.17) is 22.2 Å². The number of aliphatic carboxylic acids is 1. The number of aromatic nitrogens is 2. The highest BCUT2D eigenvalue weighted by Crippen LogP contribution is 2.41. The number of carboxylic acid groups (broad SMARTS) is 1. The molecular weight excluding hydrogens is 528 g/mol. The van der Waals surface area contributed by atoms with Crippen molar-refractivity contribution in [1.82, 2.24) is 19.9 Å². The molecule has 2 amide bonds. The van der Waals surface area contributed by atoms with Crippen LogP contribution >= 0.6 is 34.7 Å². The largest absolute Gasteiger partial charge is 0.503 e. The molecule has 0 bridgehead atoms. The van der Waals surface area contributed by atoms with Gasteiger partial charge in [-0.2, -0.15) is 4.73 Å². The van der Waals surface area contributed by atoms with Crippen molar-refractivity contribution in [1.29, 1.82) is 0 Å². The van der Waals surface area contributed by atoms with Gasteiger partial charge in [0.15, 0.2) is 23.2 Å². The van der Waals surface area contributed by atoms with Crippen LogP contribution in [0.15, 0.2) is 38.3 Å². The predicted octanol–water partition coefficient (Wildman–Crippen LogP) is -0.314. The molecule has 0 unspecified atom stereocenters. The fraction of sp³-hybridized carbons (Fsp3) is 0.222. The Morgan fingerprint density at radius 1 is 1.40 bits per heavy atom. The monoisotopic (exact) mass is 542 g/mol. The molecule has 4 rings (SSSR count). The van der Waals surface area contributed by atoms with Gasteiger partial charge in [-0.25, -0.2) is 9.78 Å². The number of carbonyl (C=O) groups excluding carboxylic acids is 2. The van der Waals surface area contributed by atoms with E-state index in [1.54, 1.807) is 0 Å². The summed E-state index contributed by atoms with van der Waals surface area (Å²) in [5, 5.41) is 35.6. The van der Waals surface area contributed by atoms with Gasteiger partial charge in [0, 0.05) is 17.2 Å². The number of nitrogens with two attached hydrogens (primary N) is 1. The number of β-lactam (4-membered cyclic amide) rings is 1. The number of hydrogen-bond acceptors (Lipinski definition) is 12. The topological polar surface area (TPSA) is 210 Å². The highest BCUT2D eigenvalue weighted by atomic mass is 35.5. The predicted molar refractivity (Wildman–Crippen MR) is 123 cm³/mol. The number of rotatable bonds is 7. The summed E-state index contributed by atoms with van der Waals surface area (Å²) in [6.07, 6.45) is 0.765. The van der Waals surface area contributed by atoms with Crippen molar-refractivity contribution < 1.29 is 34.6 Å². The Bertz CT molecular complexity index is 1350. The van der Waals surface area contributed by atoms with Crippen LogP contribution in [0, 0.1) is 0 Å². The third-order valence-electron chi connectivity index (χ3n) is 4.85. The molecule has 2 aromatic heterocycles. The Morgan fingerprint density at radius 3 is 2.80 bits per heavy atom. The molecule has 17 heteroatoms. The number of pyridine rings is 1. The average molecular weight is 543 g/mol. The number of carbonyl (C=O) groups is 3. The number of anilines is 1. The number of amides is 2. The number of halogens is 1. The Morgan fingerprint density at radius 2 is 2.14 bits per heavy atom. The smallest absolute Gasteiger partial charge is 0.353 e. The Balaban J connectivity index is 1.53. The van der Waals surface area contributed by atoms with Gasteiger partial charge in [-0.15, -0.1) is 23.1 Å². The molecule has 1 saturated heterocycles. The third-order valence-corrected chi connectivity index (χ3v) is 7.27. The molecular formula is C18H15ClN6O8S2. The summed E-state index contributed by atoms with van der Waals surface area (Å²) in [4.78, 5) is 58.8. The average Bonchev–Trinajstić information content (AvgIpc) is 3.23. The number of nitrogens with one attached hydrogen (secondary N) is 1. The van der Waals surface area contributed by atoms with E-state index < -0.39 is 47.0 Å². The molecule has 4 heterocycles. The fourth-order valence-electron chi connectivity index (χ4n) is 3.22. The molecule has 2 aliphatic heterocycles. The molecule has 0 spiro atoms. The number of nitrogen functional groups attached to an aromatic ring is 1. The highest BCUT2D eigenvalue weighted by molar-refractivity contribution is 8.00. The lowest BCUT2D eigenvalue weighted by molar-refractivity contribution is -0.150. The lowest BCUT2D eigenvalue weighted by Crippen LogP contribution is -2.71. The molecule has 2 aromatic rings. The summed E-state index contributed by atoms with van der Waals surface area (Å²) in [6.45, 7) is -0.470. The van der Waals surface area contributed by atoms with Crippen molar-refractivity contribution >= 4 is 63.3 Å². The first-order valence-electron chi connectivity index (χ1n) is 9.51. The number of fused-ring (bicyclic) bond motifs is 1. The maximum Gasteiger partial charge on any atom is 0.353 e. The maximum absolute atomic E-state index is 13.0. The summed E-state index contributed by atoms with van der Waals surface area (Å²) in [5.74, 6) is -3.42. The minimum Gasteiger partial charge on any atom is -0.503 e. The molecule has 184 valence electrons. The number of hydrogen-bond donors (Lipinski definition) is 5. The molecule has 35 heavy (non-hydrogen) atoms. The SMILES string of the molecule is Nc1nc(/C(=N/OCc2cc(=O)c(O)cn2O)C(=O)N[C@@H]2C(=O)N3C(C(=O)O)=C(Cl)CS[C@H]23)cs1. The zero-order valence-corrected chi connectivity index (χ0v) is 19.6. The lowest BCUT2D eigenvalue weighted by Gasteiger charge is -2.48. The Hall–Kier alpha value is -3.76. The van der Waals surface area contributed by atoms with Crippen LogP contribution in [0.2, 0.25) is 0 Å². The summed E-state index contributed by atoms with van der Waals surface area (Å²) >= 11 is 8.15. The molecule has 2 atom stereocenters. The van der Waals surface area contributed by atoms with Gasteiger partial charge in [-0.1, -0.05) is 16.8 Å². The van der Waals surface area contributed by atoms with E-state index in [0.717, 1.165) is 28.5 Å². The zero-order valence-electron chi connectivity index (χ0n) is 17.2. The minimum absolute atomic E-state index is 0.0158. The van der Waals surface area contributed by atoms with Crippen molar-refractivity contribution in [3.05, 3.63) is 50.0 Å². The highest BCUT2D eigenvalue weighted by Gasteiger charge is 2.54. The van der Waals surface area contributed by atoms with Crippen molar-refractivity contribution in [3.63, 3.8) is 0 Å². The molecule has 6 N–H and O–H groups in total. The summed E-state index contributed by atoms with van der Waals surface area (Å²) < 4.78 is 0.452. The Labute approximate surface area is 208 Å². The van der Waals surface area contributed by atoms with Crippen LogP contribution in [-0.4, -0.2) is 70.7 Å². The van der Waals surface area contributed by atoms with Crippen molar-refractivity contribution in [2.24, 2.45) is 5.16 Å². The van der Waals surface area contributed by atoms with Gasteiger partial charge in [0.1, 0.15) is 28.5 Å². The number of carboxylic acids is 1. The second-order valence-electron chi connectivity index (χ2n) is 7.06. The van der Waals surface area contributed by atoms with E-state index in [-0.39, 0.29) is 38.7 Å². The minimum atomic E-state index is -1.36. The van der Waals surface area contributed by atoms with Gasteiger partial charge in [0.25, 0.3) is 11.8 Å². The number of thioether (sulfide) groups is 1. The summed E-state index contributed by atoms with van der Waals surface area (Å²) in [7, 11) is 0. The first-order valence-corrected chi connectivity index (χ1v) is 11.8. The molecule has 14 nitrogen and oxygen atoms in total. The molecule has 1 fully saturated rings. The van der Waals surface area contributed by atoms with Crippen LogP contribution in [0.5, 0.6) is 5.75 Å². The summed E-state index contributed by atoms with van der Waals surface area (Å²) in [5.41, 5.74) is 4.13. The molecule has 0 aromatic carbocycles. The van der Waals surface area contributed by atoms with Crippen LogP contribution in [-0.2, 0) is 25.8 Å². The van der Waals surface area contributed by atoms with Gasteiger partial charge in [0.2, 0.25) is 5.43 Å². The standard InChI is InChI=1S/C18H15ClN6O8S2/c19-7-4-34-16-12(15(29)25(16)13(7)17(30)31)22-14(28)11(8-5-35-18(20)21-8)23-33-3-6-1-9(26)10(27)2-24(6)32/h1-2,5,12,16,27,32H,3-4H2,(H2,20,21)(H,22,28)(H,30,31)/b23-11-/t12-,16-/m1/s1.